The molecule has 0 atom stereocenters. The molecule has 4 aliphatic rings. The maximum atomic E-state index is 11.5. The van der Waals surface area contributed by atoms with Gasteiger partial charge in [0.25, 0.3) is 0 Å². The van der Waals surface area contributed by atoms with Gasteiger partial charge in [0.2, 0.25) is 0 Å². The minimum atomic E-state index is -0.215. The van der Waals surface area contributed by atoms with Gasteiger partial charge in [-0.15, -0.1) is 0 Å². The molecule has 0 unspecified atom stereocenters. The van der Waals surface area contributed by atoms with Crippen molar-refractivity contribution in [3.05, 3.63) is 135 Å². The molecule has 0 spiro atoms. The molecule has 2 fully saturated rings. The van der Waals surface area contributed by atoms with E-state index in [2.05, 4.69) is 56.5 Å². The molecule has 8 nitrogen and oxygen atoms in total. The molecule has 0 aliphatic carbocycles. The van der Waals surface area contributed by atoms with Crippen LogP contribution in [-0.4, -0.2) is 51.3 Å². The average molecular weight is 700 g/mol. The van der Waals surface area contributed by atoms with Crippen LogP contribution in [0.3, 0.4) is 0 Å². The van der Waals surface area contributed by atoms with Crippen LogP contribution in [0.15, 0.2) is 102 Å². The lowest BCUT2D eigenvalue weighted by molar-refractivity contribution is 0.0526. The Labute approximate surface area is 284 Å². The fraction of sp³-hybridized carbons (Fsp3) is 0.316. The molecule has 2 saturated heterocycles. The van der Waals surface area contributed by atoms with Crippen LogP contribution in [0, 0.1) is 11.8 Å². The Bertz CT molecular complexity index is 1640. The number of nitrogens with one attached hydrogen (secondary N) is 1. The molecule has 0 aromatic heterocycles. The van der Waals surface area contributed by atoms with E-state index in [4.69, 9.17) is 18.9 Å². The lowest BCUT2D eigenvalue weighted by atomic mass is 9.99. The summed E-state index contributed by atoms with van der Waals surface area (Å²) in [6, 6.07) is 32.0. The van der Waals surface area contributed by atoms with Crippen molar-refractivity contribution >= 4 is 33.6 Å². The average Bonchev–Trinajstić information content (AvgIpc) is 3.62. The van der Waals surface area contributed by atoms with Crippen molar-refractivity contribution in [2.45, 2.75) is 26.4 Å². The predicted octanol–water partition coefficient (Wildman–Crippen LogP) is 6.55. The van der Waals surface area contributed by atoms with Crippen molar-refractivity contribution in [1.82, 2.24) is 5.32 Å². The van der Waals surface area contributed by atoms with Crippen molar-refractivity contribution in [2.24, 2.45) is 11.8 Å². The number of rotatable bonds is 9. The van der Waals surface area contributed by atoms with E-state index in [0.29, 0.717) is 36.9 Å². The molecular weight excluding hydrogens is 660 g/mol. The normalized spacial score (nSPS) is 16.3. The van der Waals surface area contributed by atoms with Gasteiger partial charge in [-0.05, 0) is 47.5 Å². The minimum Gasteiger partial charge on any atom is -0.457 e. The number of carbonyl (C=O) groups is 2. The van der Waals surface area contributed by atoms with Crippen LogP contribution in [0.1, 0.15) is 43.0 Å². The van der Waals surface area contributed by atoms with E-state index >= 15 is 0 Å². The highest BCUT2D eigenvalue weighted by Gasteiger charge is 2.29. The summed E-state index contributed by atoms with van der Waals surface area (Å²) >= 11 is 3.32. The summed E-state index contributed by atoms with van der Waals surface area (Å²) < 4.78 is 22.2. The number of nitrogens with zero attached hydrogens (tertiary/aromatic N) is 1. The first-order chi connectivity index (χ1) is 23.0. The zero-order chi connectivity index (χ0) is 32.4. The Balaban J connectivity index is 0.000000136. The van der Waals surface area contributed by atoms with Crippen LogP contribution >= 0.6 is 15.9 Å². The van der Waals surface area contributed by atoms with Gasteiger partial charge in [0, 0.05) is 59.3 Å². The van der Waals surface area contributed by atoms with E-state index in [0.717, 1.165) is 67.5 Å². The molecule has 9 heteroatoms. The van der Waals surface area contributed by atoms with Gasteiger partial charge < -0.3 is 29.2 Å². The predicted molar refractivity (Wildman–Crippen MR) is 183 cm³/mol. The number of hydrogen-bond acceptors (Lipinski definition) is 8. The molecule has 0 amide bonds. The van der Waals surface area contributed by atoms with Crippen LogP contribution in [0.5, 0.6) is 0 Å². The van der Waals surface area contributed by atoms with Crippen molar-refractivity contribution in [2.75, 3.05) is 44.3 Å². The molecule has 4 aromatic carbocycles. The zero-order valence-electron chi connectivity index (χ0n) is 26.2. The molecule has 4 aromatic rings. The number of halogens is 1. The van der Waals surface area contributed by atoms with Crippen LogP contribution in [0.4, 0.5) is 5.69 Å². The van der Waals surface area contributed by atoms with Gasteiger partial charge in [-0.25, -0.2) is 9.59 Å². The third-order valence-corrected chi connectivity index (χ3v) is 8.93. The lowest BCUT2D eigenvalue weighted by Gasteiger charge is -2.41. The number of anilines is 1. The largest absolute Gasteiger partial charge is 0.457 e. The van der Waals surface area contributed by atoms with Gasteiger partial charge in [0.1, 0.15) is 13.2 Å². The van der Waals surface area contributed by atoms with Crippen LogP contribution in [-0.2, 0) is 45.4 Å². The summed E-state index contributed by atoms with van der Waals surface area (Å²) in [5.74, 6) is 0.892. The fourth-order valence-electron chi connectivity index (χ4n) is 5.61. The maximum Gasteiger partial charge on any atom is 0.338 e. The highest BCUT2D eigenvalue weighted by molar-refractivity contribution is 9.10. The second-order valence-corrected chi connectivity index (χ2v) is 13.0. The Morgan fingerprint density at radius 2 is 1.21 bits per heavy atom. The van der Waals surface area contributed by atoms with Gasteiger partial charge in [0.15, 0.2) is 0 Å². The number of cyclic esters (lactones) is 2. The molecule has 4 heterocycles. The molecule has 4 aliphatic heterocycles. The molecule has 0 bridgehead atoms. The molecule has 1 N–H and O–H groups in total. The second-order valence-electron chi connectivity index (χ2n) is 12.1. The van der Waals surface area contributed by atoms with Crippen molar-refractivity contribution in [3.8, 4) is 0 Å². The Morgan fingerprint density at radius 3 is 1.77 bits per heavy atom. The standard InChI is InChI=1S/C19H19NO3.C11H15NO.C8H5BrO2/c21-19-18-7-6-17(8-16(18)13-23-19)20-9-15(10-20)12-22-11-14-4-2-1-3-5-14;1-2-4-10(5-3-1)8-13-9-11-6-12-7-11;9-6-1-2-7-5(3-6)4-11-8(7)10/h1-8,15H,9-13H2;1-5,11-12H,6-9H2;1-3H,4H2. The number of hydrogen-bond donors (Lipinski definition) is 1. The van der Waals surface area contributed by atoms with Gasteiger partial charge in [-0.1, -0.05) is 76.6 Å². The molecule has 47 heavy (non-hydrogen) atoms. The van der Waals surface area contributed by atoms with E-state index in [1.807, 2.05) is 60.7 Å². The Kier molecular flexibility index (Phi) is 11.3. The topological polar surface area (TPSA) is 86.3 Å². The number of fused-ring (bicyclic) bond motifs is 2. The smallest absolute Gasteiger partial charge is 0.338 e. The van der Waals surface area contributed by atoms with E-state index in [9.17, 15) is 9.59 Å². The zero-order valence-corrected chi connectivity index (χ0v) is 27.8. The Morgan fingerprint density at radius 1 is 0.681 bits per heavy atom. The van der Waals surface area contributed by atoms with Gasteiger partial charge in [-0.3, -0.25) is 0 Å². The van der Waals surface area contributed by atoms with Gasteiger partial charge in [0.05, 0.1) is 37.6 Å². The summed E-state index contributed by atoms with van der Waals surface area (Å²) in [7, 11) is 0. The first kappa shape index (κ1) is 32.9. The number of esters is 2. The first-order valence-corrected chi connectivity index (χ1v) is 16.8. The summed E-state index contributed by atoms with van der Waals surface area (Å²) in [6.45, 7) is 8.16. The van der Waals surface area contributed by atoms with E-state index < -0.39 is 0 Å². The van der Waals surface area contributed by atoms with Crippen molar-refractivity contribution in [1.29, 1.82) is 0 Å². The van der Waals surface area contributed by atoms with Crippen LogP contribution in [0.25, 0.3) is 0 Å². The van der Waals surface area contributed by atoms with E-state index in [1.54, 1.807) is 6.07 Å². The highest BCUT2D eigenvalue weighted by atomic mass is 79.9. The minimum absolute atomic E-state index is 0.206. The van der Waals surface area contributed by atoms with E-state index in [1.165, 1.54) is 16.8 Å². The number of carbonyl (C=O) groups excluding carboxylic acids is 2. The number of ether oxygens (including phenoxy) is 4. The quantitative estimate of drug-likeness (QED) is 0.197. The van der Waals surface area contributed by atoms with Crippen molar-refractivity contribution in [3.63, 3.8) is 0 Å². The second kappa shape index (κ2) is 16.2. The summed E-state index contributed by atoms with van der Waals surface area (Å²) in [6.07, 6.45) is 0. The van der Waals surface area contributed by atoms with Crippen molar-refractivity contribution < 1.29 is 28.5 Å². The monoisotopic (exact) mass is 698 g/mol. The molecule has 0 radical (unpaired) electrons. The maximum absolute atomic E-state index is 11.5. The molecule has 8 rings (SSSR count). The third kappa shape index (κ3) is 9.08. The number of benzene rings is 4. The summed E-state index contributed by atoms with van der Waals surface area (Å²) in [5.41, 5.74) is 6.99. The SMILES string of the molecule is O=C1OCc2cc(Br)ccc21.O=C1OCc2cc(N3CC(COCc4ccccc4)C3)ccc21.c1ccc(COCC2CNC2)cc1. The van der Waals surface area contributed by atoms with E-state index in [-0.39, 0.29) is 11.9 Å². The van der Waals surface area contributed by atoms with Crippen LogP contribution < -0.4 is 10.2 Å². The highest BCUT2D eigenvalue weighted by Crippen LogP contribution is 2.30. The molecule has 0 saturated carbocycles. The third-order valence-electron chi connectivity index (χ3n) is 8.43. The molecular formula is C38H39BrN2O6. The van der Waals surface area contributed by atoms with Gasteiger partial charge in [-0.2, -0.15) is 0 Å². The Hall–Kier alpha value is -4.02. The summed E-state index contributed by atoms with van der Waals surface area (Å²) in [5, 5.41) is 3.23. The fourth-order valence-corrected chi connectivity index (χ4v) is 6.01. The molecule has 244 valence electrons. The lowest BCUT2D eigenvalue weighted by Crippen LogP contribution is -2.48. The first-order valence-electron chi connectivity index (χ1n) is 16.0. The van der Waals surface area contributed by atoms with Gasteiger partial charge >= 0.3 is 11.9 Å². The summed E-state index contributed by atoms with van der Waals surface area (Å²) in [4.78, 5) is 24.7. The van der Waals surface area contributed by atoms with Crippen LogP contribution in [0.2, 0.25) is 0 Å².